The molecule has 0 bridgehead atoms. The van der Waals surface area contributed by atoms with E-state index in [1.807, 2.05) is 49.1 Å². The molecular weight excluding hydrogens is 356 g/mol. The summed E-state index contributed by atoms with van der Waals surface area (Å²) in [5, 5.41) is 8.94. The number of carboxylic acid groups (broad SMARTS) is 1. The zero-order valence-electron chi connectivity index (χ0n) is 17.0. The molecule has 1 aliphatic rings. The van der Waals surface area contributed by atoms with E-state index in [1.54, 1.807) is 4.90 Å². The first kappa shape index (κ1) is 21.9. The second-order valence-electron chi connectivity index (χ2n) is 7.96. The van der Waals surface area contributed by atoms with Crippen LogP contribution in [0.4, 0.5) is 0 Å². The minimum absolute atomic E-state index is 0.0325. The summed E-state index contributed by atoms with van der Waals surface area (Å²) in [5.41, 5.74) is 1.16. The summed E-state index contributed by atoms with van der Waals surface area (Å²) in [7, 11) is 0. The number of piperidine rings is 1. The normalized spacial score (nSPS) is 14.9. The lowest BCUT2D eigenvalue weighted by Gasteiger charge is -2.35. The zero-order chi connectivity index (χ0) is 20.5. The molecule has 2 rings (SSSR count). The Hall–Kier alpha value is -2.37. The second kappa shape index (κ2) is 10.8. The van der Waals surface area contributed by atoms with Crippen molar-refractivity contribution in [3.05, 3.63) is 35.9 Å². The molecule has 0 radical (unpaired) electrons. The molecule has 1 aromatic rings. The van der Waals surface area contributed by atoms with Crippen molar-refractivity contribution in [3.63, 3.8) is 0 Å². The highest BCUT2D eigenvalue weighted by Crippen LogP contribution is 2.21. The minimum atomic E-state index is -0.889. The molecule has 0 spiro atoms. The van der Waals surface area contributed by atoms with Gasteiger partial charge in [-0.3, -0.25) is 14.4 Å². The van der Waals surface area contributed by atoms with E-state index in [9.17, 15) is 14.4 Å². The van der Waals surface area contributed by atoms with Gasteiger partial charge in [-0.2, -0.15) is 0 Å². The van der Waals surface area contributed by atoms with Crippen LogP contribution in [0.25, 0.3) is 0 Å². The summed E-state index contributed by atoms with van der Waals surface area (Å²) < 4.78 is 0. The number of hydrogen-bond acceptors (Lipinski definition) is 3. The van der Waals surface area contributed by atoms with Crippen LogP contribution in [0.5, 0.6) is 0 Å². The fourth-order valence-electron chi connectivity index (χ4n) is 3.65. The Balaban J connectivity index is 1.82. The largest absolute Gasteiger partial charge is 0.481 e. The fraction of sp³-hybridized carbons (Fsp3) is 0.591. The van der Waals surface area contributed by atoms with E-state index in [0.29, 0.717) is 38.9 Å². The third-order valence-corrected chi connectivity index (χ3v) is 5.16. The molecule has 2 amide bonds. The van der Waals surface area contributed by atoms with E-state index in [4.69, 9.17) is 5.11 Å². The predicted molar refractivity (Wildman–Crippen MR) is 108 cm³/mol. The van der Waals surface area contributed by atoms with Crippen molar-refractivity contribution in [2.45, 2.75) is 46.0 Å². The van der Waals surface area contributed by atoms with Gasteiger partial charge in [0.25, 0.3) is 0 Å². The Morgan fingerprint density at radius 1 is 1.11 bits per heavy atom. The van der Waals surface area contributed by atoms with Crippen LogP contribution in [0.2, 0.25) is 0 Å². The van der Waals surface area contributed by atoms with Gasteiger partial charge in [0.1, 0.15) is 0 Å². The molecule has 0 atom stereocenters. The first-order valence-corrected chi connectivity index (χ1v) is 10.2. The van der Waals surface area contributed by atoms with Crippen LogP contribution in [0.3, 0.4) is 0 Å². The van der Waals surface area contributed by atoms with Crippen molar-refractivity contribution < 1.29 is 19.5 Å². The Labute approximate surface area is 167 Å². The lowest BCUT2D eigenvalue weighted by atomic mass is 9.94. The van der Waals surface area contributed by atoms with Gasteiger partial charge in [-0.15, -0.1) is 0 Å². The SMILES string of the molecule is CC(C)CN(CCC(=O)O)C(=O)C1CCN(C(=O)CCc2ccccc2)CC1. The molecule has 1 N–H and O–H groups in total. The number of hydrogen-bond donors (Lipinski definition) is 1. The first-order chi connectivity index (χ1) is 13.4. The van der Waals surface area contributed by atoms with Crippen molar-refractivity contribution in [3.8, 4) is 0 Å². The number of carbonyl (C=O) groups is 3. The van der Waals surface area contributed by atoms with Crippen LogP contribution in [0.15, 0.2) is 30.3 Å². The Bertz CT molecular complexity index is 652. The van der Waals surface area contributed by atoms with Gasteiger partial charge >= 0.3 is 5.97 Å². The van der Waals surface area contributed by atoms with E-state index in [-0.39, 0.29) is 36.6 Å². The van der Waals surface area contributed by atoms with Crippen LogP contribution in [0, 0.1) is 11.8 Å². The summed E-state index contributed by atoms with van der Waals surface area (Å²) in [6.07, 6.45) is 2.49. The van der Waals surface area contributed by atoms with E-state index in [2.05, 4.69) is 0 Å². The highest BCUT2D eigenvalue weighted by Gasteiger charge is 2.30. The van der Waals surface area contributed by atoms with Crippen molar-refractivity contribution in [1.82, 2.24) is 9.80 Å². The average Bonchev–Trinajstić information content (AvgIpc) is 2.69. The first-order valence-electron chi connectivity index (χ1n) is 10.2. The van der Waals surface area contributed by atoms with Gasteiger partial charge in [-0.1, -0.05) is 44.2 Å². The quantitative estimate of drug-likeness (QED) is 0.706. The van der Waals surface area contributed by atoms with Gasteiger partial charge in [0.05, 0.1) is 6.42 Å². The molecule has 0 aromatic heterocycles. The van der Waals surface area contributed by atoms with Crippen molar-refractivity contribution in [2.24, 2.45) is 11.8 Å². The van der Waals surface area contributed by atoms with Gasteiger partial charge < -0.3 is 14.9 Å². The molecule has 1 fully saturated rings. The van der Waals surface area contributed by atoms with E-state index >= 15 is 0 Å². The summed E-state index contributed by atoms with van der Waals surface area (Å²) in [6.45, 7) is 6.06. The lowest BCUT2D eigenvalue weighted by Crippen LogP contribution is -2.45. The number of rotatable bonds is 9. The Morgan fingerprint density at radius 3 is 2.32 bits per heavy atom. The number of nitrogens with zero attached hydrogens (tertiary/aromatic N) is 2. The molecular formula is C22H32N2O4. The van der Waals surface area contributed by atoms with Crippen LogP contribution in [-0.4, -0.2) is 58.9 Å². The molecule has 0 saturated carbocycles. The van der Waals surface area contributed by atoms with Gasteiger partial charge in [0, 0.05) is 38.5 Å². The summed E-state index contributed by atoms with van der Waals surface area (Å²) in [4.78, 5) is 39.8. The van der Waals surface area contributed by atoms with Crippen LogP contribution < -0.4 is 0 Å². The number of likely N-dealkylation sites (tertiary alicyclic amines) is 1. The maximum absolute atomic E-state index is 12.9. The number of aryl methyl sites for hydroxylation is 1. The lowest BCUT2D eigenvalue weighted by molar-refractivity contribution is -0.143. The Morgan fingerprint density at radius 2 is 1.75 bits per heavy atom. The van der Waals surface area contributed by atoms with Gasteiger partial charge in [-0.05, 0) is 30.7 Å². The number of carbonyl (C=O) groups excluding carboxylic acids is 2. The van der Waals surface area contributed by atoms with Crippen LogP contribution in [-0.2, 0) is 20.8 Å². The summed E-state index contributed by atoms with van der Waals surface area (Å²) in [5.74, 6) is -0.547. The van der Waals surface area contributed by atoms with Crippen molar-refractivity contribution in [2.75, 3.05) is 26.2 Å². The molecule has 1 heterocycles. The number of benzene rings is 1. The van der Waals surface area contributed by atoms with Crippen LogP contribution >= 0.6 is 0 Å². The maximum Gasteiger partial charge on any atom is 0.305 e. The van der Waals surface area contributed by atoms with E-state index < -0.39 is 5.97 Å². The fourth-order valence-corrected chi connectivity index (χ4v) is 3.65. The molecule has 0 aliphatic carbocycles. The number of carboxylic acids is 1. The molecule has 6 heteroatoms. The van der Waals surface area contributed by atoms with Gasteiger partial charge in [0.15, 0.2) is 0 Å². The third-order valence-electron chi connectivity index (χ3n) is 5.16. The third kappa shape index (κ3) is 6.98. The topological polar surface area (TPSA) is 77.9 Å². The van der Waals surface area contributed by atoms with Crippen LogP contribution in [0.1, 0.15) is 45.1 Å². The highest BCUT2D eigenvalue weighted by molar-refractivity contribution is 5.81. The van der Waals surface area contributed by atoms with Gasteiger partial charge in [-0.25, -0.2) is 0 Å². The summed E-state index contributed by atoms with van der Waals surface area (Å²) >= 11 is 0. The smallest absolute Gasteiger partial charge is 0.305 e. The van der Waals surface area contributed by atoms with Crippen molar-refractivity contribution >= 4 is 17.8 Å². The minimum Gasteiger partial charge on any atom is -0.481 e. The van der Waals surface area contributed by atoms with Gasteiger partial charge in [0.2, 0.25) is 11.8 Å². The maximum atomic E-state index is 12.9. The molecule has 1 saturated heterocycles. The standard InChI is InChI=1S/C22H32N2O4/c1-17(2)16-24(15-12-21(26)27)22(28)19-10-13-23(14-11-19)20(25)9-8-18-6-4-3-5-7-18/h3-7,17,19H,8-16H2,1-2H3,(H,26,27). The van der Waals surface area contributed by atoms with E-state index in [1.165, 1.54) is 0 Å². The molecule has 6 nitrogen and oxygen atoms in total. The monoisotopic (exact) mass is 388 g/mol. The molecule has 1 aromatic carbocycles. The second-order valence-corrected chi connectivity index (χ2v) is 7.96. The predicted octanol–water partition coefficient (Wildman–Crippen LogP) is 2.82. The molecule has 28 heavy (non-hydrogen) atoms. The molecule has 1 aliphatic heterocycles. The zero-order valence-corrected chi connectivity index (χ0v) is 17.0. The van der Waals surface area contributed by atoms with Crippen molar-refractivity contribution in [1.29, 1.82) is 0 Å². The summed E-state index contributed by atoms with van der Waals surface area (Å²) in [6, 6.07) is 9.97. The Kier molecular flexibility index (Phi) is 8.48. The average molecular weight is 389 g/mol. The number of amides is 2. The number of aliphatic carboxylic acids is 1. The molecule has 154 valence electrons. The van der Waals surface area contributed by atoms with E-state index in [0.717, 1.165) is 12.0 Å². The molecule has 0 unspecified atom stereocenters. The highest BCUT2D eigenvalue weighted by atomic mass is 16.4.